The number of nitrogens with zero attached hydrogens (tertiary/aromatic N) is 1. The van der Waals surface area contributed by atoms with E-state index >= 15 is 0 Å². The van der Waals surface area contributed by atoms with Gasteiger partial charge < -0.3 is 15.8 Å². The molecule has 2 aromatic rings. The van der Waals surface area contributed by atoms with Gasteiger partial charge in [-0.05, 0) is 54.1 Å². The van der Waals surface area contributed by atoms with Crippen LogP contribution < -0.4 is 15.8 Å². The zero-order valence-electron chi connectivity index (χ0n) is 16.4. The monoisotopic (exact) mass is 459 g/mol. The number of nitrogens with two attached hydrogens (primary N) is 1. The van der Waals surface area contributed by atoms with E-state index in [2.05, 4.69) is 5.32 Å². The van der Waals surface area contributed by atoms with Gasteiger partial charge in [0, 0.05) is 5.69 Å². The van der Waals surface area contributed by atoms with Crippen molar-refractivity contribution >= 4 is 58.1 Å². The fourth-order valence-electron chi connectivity index (χ4n) is 2.71. The van der Waals surface area contributed by atoms with Crippen molar-refractivity contribution in [1.29, 1.82) is 0 Å². The number of primary amides is 1. The van der Waals surface area contributed by atoms with Gasteiger partial charge in [-0.25, -0.2) is 0 Å². The molecule has 0 unspecified atom stereocenters. The quantitative estimate of drug-likeness (QED) is 0.614. The standard InChI is InChI=1S/C21H18ClN3O5S/c1-12-4-2-3-5-15(12)24-19(27)10-25-20(28)17(31-21(25)29)9-13-6-7-16(14(22)8-13)30-11-18(23)26/h2-9H,10-11H2,1H3,(H2,23,26)(H,24,27). The summed E-state index contributed by atoms with van der Waals surface area (Å²) < 4.78 is 5.17. The molecule has 1 heterocycles. The fraction of sp³-hybridized carbons (Fsp3) is 0.143. The Balaban J connectivity index is 1.68. The summed E-state index contributed by atoms with van der Waals surface area (Å²) in [5.41, 5.74) is 7.06. The van der Waals surface area contributed by atoms with E-state index in [0.717, 1.165) is 22.2 Å². The van der Waals surface area contributed by atoms with Crippen LogP contribution in [-0.2, 0) is 14.4 Å². The highest BCUT2D eigenvalue weighted by Gasteiger charge is 2.36. The number of ether oxygens (including phenoxy) is 1. The number of thioether (sulfide) groups is 1. The van der Waals surface area contributed by atoms with Crippen LogP contribution in [0.3, 0.4) is 0 Å². The fourth-order valence-corrected chi connectivity index (χ4v) is 3.79. The molecule has 1 aliphatic rings. The first kappa shape index (κ1) is 22.4. The van der Waals surface area contributed by atoms with Gasteiger partial charge in [0.2, 0.25) is 5.91 Å². The van der Waals surface area contributed by atoms with Crippen LogP contribution >= 0.6 is 23.4 Å². The molecular weight excluding hydrogens is 442 g/mol. The first-order chi connectivity index (χ1) is 14.7. The lowest BCUT2D eigenvalue weighted by atomic mass is 10.2. The van der Waals surface area contributed by atoms with Crippen LogP contribution in [0, 0.1) is 6.92 Å². The molecule has 0 radical (unpaired) electrons. The number of carbonyl (C=O) groups is 4. The smallest absolute Gasteiger partial charge is 0.294 e. The molecule has 2 aromatic carbocycles. The number of aryl methyl sites for hydroxylation is 1. The number of para-hydroxylation sites is 1. The van der Waals surface area contributed by atoms with Gasteiger partial charge in [0.05, 0.1) is 9.93 Å². The Morgan fingerprint density at radius 2 is 1.97 bits per heavy atom. The zero-order chi connectivity index (χ0) is 22.5. The molecule has 0 spiro atoms. The van der Waals surface area contributed by atoms with Gasteiger partial charge in [0.25, 0.3) is 17.1 Å². The van der Waals surface area contributed by atoms with E-state index in [1.807, 2.05) is 19.1 Å². The molecule has 4 amide bonds. The molecular formula is C21H18ClN3O5S. The molecule has 0 bridgehead atoms. The summed E-state index contributed by atoms with van der Waals surface area (Å²) in [5.74, 6) is -1.42. The van der Waals surface area contributed by atoms with Gasteiger partial charge in [0.15, 0.2) is 6.61 Å². The summed E-state index contributed by atoms with van der Waals surface area (Å²) in [6, 6.07) is 11.9. The average molecular weight is 460 g/mol. The second-order valence-corrected chi connectivity index (χ2v) is 7.98. The molecule has 0 atom stereocenters. The maximum Gasteiger partial charge on any atom is 0.294 e. The Morgan fingerprint density at radius 3 is 2.65 bits per heavy atom. The number of benzene rings is 2. The SMILES string of the molecule is Cc1ccccc1NC(=O)CN1C(=O)SC(=Cc2ccc(OCC(N)=O)c(Cl)c2)C1=O. The van der Waals surface area contributed by atoms with Gasteiger partial charge in [-0.15, -0.1) is 0 Å². The summed E-state index contributed by atoms with van der Waals surface area (Å²) in [6.45, 7) is 1.13. The number of nitrogens with one attached hydrogen (secondary N) is 1. The number of amides is 4. The van der Waals surface area contributed by atoms with Gasteiger partial charge >= 0.3 is 0 Å². The molecule has 31 heavy (non-hydrogen) atoms. The van der Waals surface area contributed by atoms with Crippen LogP contribution in [0.4, 0.5) is 10.5 Å². The normalized spacial score (nSPS) is 14.8. The van der Waals surface area contributed by atoms with Crippen molar-refractivity contribution in [3.05, 3.63) is 63.5 Å². The predicted molar refractivity (Wildman–Crippen MR) is 119 cm³/mol. The zero-order valence-corrected chi connectivity index (χ0v) is 18.0. The Bertz CT molecular complexity index is 1100. The lowest BCUT2D eigenvalue weighted by Crippen LogP contribution is -2.36. The number of halogens is 1. The number of rotatable bonds is 7. The third kappa shape index (κ3) is 5.65. The number of hydrogen-bond donors (Lipinski definition) is 2. The second-order valence-electron chi connectivity index (χ2n) is 6.58. The third-order valence-corrected chi connectivity index (χ3v) is 5.42. The number of carbonyl (C=O) groups excluding carboxylic acids is 4. The van der Waals surface area contributed by atoms with Crippen LogP contribution in [0.15, 0.2) is 47.4 Å². The van der Waals surface area contributed by atoms with Crippen molar-refractivity contribution in [1.82, 2.24) is 4.90 Å². The summed E-state index contributed by atoms with van der Waals surface area (Å²) in [6.07, 6.45) is 1.49. The highest BCUT2D eigenvalue weighted by Crippen LogP contribution is 2.33. The Kier molecular flexibility index (Phi) is 6.98. The maximum atomic E-state index is 12.6. The first-order valence-corrected chi connectivity index (χ1v) is 10.3. The van der Waals surface area contributed by atoms with E-state index in [4.69, 9.17) is 22.1 Å². The summed E-state index contributed by atoms with van der Waals surface area (Å²) in [5, 5.41) is 2.37. The molecule has 0 aliphatic carbocycles. The molecule has 10 heteroatoms. The predicted octanol–water partition coefficient (Wildman–Crippen LogP) is 3.19. The number of imide groups is 1. The van der Waals surface area contributed by atoms with Crippen LogP contribution in [0.5, 0.6) is 5.75 Å². The number of anilines is 1. The van der Waals surface area contributed by atoms with Gasteiger partial charge in [-0.1, -0.05) is 35.9 Å². The van der Waals surface area contributed by atoms with E-state index in [1.165, 1.54) is 18.2 Å². The van der Waals surface area contributed by atoms with Crippen LogP contribution in [0.2, 0.25) is 5.02 Å². The van der Waals surface area contributed by atoms with Crippen molar-refractivity contribution in [2.24, 2.45) is 5.73 Å². The van der Waals surface area contributed by atoms with Gasteiger partial charge in [-0.3, -0.25) is 24.1 Å². The molecule has 1 aliphatic heterocycles. The highest BCUT2D eigenvalue weighted by atomic mass is 35.5. The minimum absolute atomic E-state index is 0.163. The van der Waals surface area contributed by atoms with Crippen LogP contribution in [-0.4, -0.2) is 41.0 Å². The van der Waals surface area contributed by atoms with Crippen molar-refractivity contribution in [2.45, 2.75) is 6.92 Å². The molecule has 3 rings (SSSR count). The van der Waals surface area contributed by atoms with E-state index in [9.17, 15) is 19.2 Å². The molecule has 0 aromatic heterocycles. The number of hydrogen-bond acceptors (Lipinski definition) is 6. The Hall–Kier alpha value is -3.30. The van der Waals surface area contributed by atoms with E-state index in [-0.39, 0.29) is 22.3 Å². The molecule has 0 saturated carbocycles. The second kappa shape index (κ2) is 9.67. The summed E-state index contributed by atoms with van der Waals surface area (Å²) in [7, 11) is 0. The van der Waals surface area contributed by atoms with Crippen molar-refractivity contribution in [3.63, 3.8) is 0 Å². The summed E-state index contributed by atoms with van der Waals surface area (Å²) >= 11 is 6.86. The van der Waals surface area contributed by atoms with Crippen molar-refractivity contribution in [3.8, 4) is 5.75 Å². The van der Waals surface area contributed by atoms with E-state index < -0.39 is 29.5 Å². The highest BCUT2D eigenvalue weighted by molar-refractivity contribution is 8.18. The van der Waals surface area contributed by atoms with E-state index in [1.54, 1.807) is 18.2 Å². The third-order valence-electron chi connectivity index (χ3n) is 4.22. The topological polar surface area (TPSA) is 119 Å². The van der Waals surface area contributed by atoms with Crippen molar-refractivity contribution < 1.29 is 23.9 Å². The molecule has 1 saturated heterocycles. The molecule has 160 valence electrons. The molecule has 8 nitrogen and oxygen atoms in total. The lowest BCUT2D eigenvalue weighted by molar-refractivity contribution is -0.127. The minimum Gasteiger partial charge on any atom is -0.482 e. The van der Waals surface area contributed by atoms with Crippen molar-refractivity contribution in [2.75, 3.05) is 18.5 Å². The lowest BCUT2D eigenvalue weighted by Gasteiger charge is -2.13. The van der Waals surface area contributed by atoms with Crippen LogP contribution in [0.25, 0.3) is 6.08 Å². The molecule has 1 fully saturated rings. The maximum absolute atomic E-state index is 12.6. The van der Waals surface area contributed by atoms with Crippen LogP contribution in [0.1, 0.15) is 11.1 Å². The van der Waals surface area contributed by atoms with Gasteiger partial charge in [-0.2, -0.15) is 0 Å². The Labute approximate surface area is 187 Å². The van der Waals surface area contributed by atoms with Gasteiger partial charge in [0.1, 0.15) is 12.3 Å². The first-order valence-electron chi connectivity index (χ1n) is 9.06. The largest absolute Gasteiger partial charge is 0.482 e. The van der Waals surface area contributed by atoms with E-state index in [0.29, 0.717) is 11.3 Å². The minimum atomic E-state index is -0.639. The Morgan fingerprint density at radius 1 is 1.23 bits per heavy atom. The average Bonchev–Trinajstić information content (AvgIpc) is 2.96. The molecule has 3 N–H and O–H groups in total. The summed E-state index contributed by atoms with van der Waals surface area (Å²) in [4.78, 5) is 49.1.